The fourth-order valence-corrected chi connectivity index (χ4v) is 2.65. The molecule has 0 spiro atoms. The molecule has 1 heterocycles. The number of carboxylic acid groups (broad SMARTS) is 1. The maximum Gasteiger partial charge on any atom is 0.415 e. The van der Waals surface area contributed by atoms with Gasteiger partial charge in [0.1, 0.15) is 17.2 Å². The normalized spacial score (nSPS) is 13.9. The largest absolute Gasteiger partial charge is 0.478 e. The van der Waals surface area contributed by atoms with Crippen molar-refractivity contribution in [2.75, 3.05) is 11.5 Å². The number of carboxylic acids is 1. The second kappa shape index (κ2) is 5.40. The average molecular weight is 282 g/mol. The summed E-state index contributed by atoms with van der Waals surface area (Å²) in [6, 6.07) is 0.00950. The van der Waals surface area contributed by atoms with Gasteiger partial charge in [0.05, 0.1) is 5.69 Å². The SMILES string of the molecule is C=CCOC(=O)N(c1snc(C)c1C(=O)O)C1CC1. The Morgan fingerprint density at radius 3 is 2.84 bits per heavy atom. The maximum absolute atomic E-state index is 12.0. The van der Waals surface area contributed by atoms with Crippen LogP contribution in [0.3, 0.4) is 0 Å². The van der Waals surface area contributed by atoms with Crippen molar-refractivity contribution in [3.63, 3.8) is 0 Å². The highest BCUT2D eigenvalue weighted by Crippen LogP contribution is 2.37. The highest BCUT2D eigenvalue weighted by Gasteiger charge is 2.38. The third kappa shape index (κ3) is 2.76. The monoisotopic (exact) mass is 282 g/mol. The fourth-order valence-electron chi connectivity index (χ4n) is 1.70. The molecule has 1 aliphatic carbocycles. The van der Waals surface area contributed by atoms with Crippen molar-refractivity contribution < 1.29 is 19.4 Å². The van der Waals surface area contributed by atoms with Crippen molar-refractivity contribution in [1.29, 1.82) is 0 Å². The zero-order chi connectivity index (χ0) is 14.0. The molecule has 0 radical (unpaired) electrons. The van der Waals surface area contributed by atoms with Crippen LogP contribution in [-0.4, -0.2) is 34.2 Å². The molecule has 6 nitrogen and oxygen atoms in total. The molecule has 1 N–H and O–H groups in total. The molecule has 102 valence electrons. The summed E-state index contributed by atoms with van der Waals surface area (Å²) in [5, 5.41) is 9.56. The summed E-state index contributed by atoms with van der Waals surface area (Å²) >= 11 is 1.01. The smallest absolute Gasteiger partial charge is 0.415 e. The summed E-state index contributed by atoms with van der Waals surface area (Å²) in [6.07, 6.45) is 2.62. The van der Waals surface area contributed by atoms with Gasteiger partial charge in [-0.05, 0) is 31.3 Å². The van der Waals surface area contributed by atoms with E-state index >= 15 is 0 Å². The summed E-state index contributed by atoms with van der Waals surface area (Å²) < 4.78 is 9.03. The molecule has 1 fully saturated rings. The predicted octanol–water partition coefficient (Wildman–Crippen LogP) is 2.44. The number of ether oxygens (including phenoxy) is 1. The highest BCUT2D eigenvalue weighted by atomic mass is 32.1. The van der Waals surface area contributed by atoms with E-state index in [0.29, 0.717) is 10.7 Å². The summed E-state index contributed by atoms with van der Waals surface area (Å²) in [4.78, 5) is 24.7. The Bertz CT molecular complexity index is 522. The van der Waals surface area contributed by atoms with Gasteiger partial charge in [-0.25, -0.2) is 9.59 Å². The van der Waals surface area contributed by atoms with Crippen molar-refractivity contribution in [2.45, 2.75) is 25.8 Å². The van der Waals surface area contributed by atoms with E-state index in [2.05, 4.69) is 11.0 Å². The molecule has 0 aromatic carbocycles. The number of hydrogen-bond donors (Lipinski definition) is 1. The lowest BCUT2D eigenvalue weighted by atomic mass is 10.2. The zero-order valence-corrected chi connectivity index (χ0v) is 11.3. The third-order valence-corrected chi connectivity index (χ3v) is 3.65. The number of carbonyl (C=O) groups is 2. The molecule has 0 aliphatic heterocycles. The van der Waals surface area contributed by atoms with Gasteiger partial charge >= 0.3 is 12.1 Å². The molecule has 1 aromatic rings. The van der Waals surface area contributed by atoms with Crippen molar-refractivity contribution >= 4 is 28.6 Å². The molecular weight excluding hydrogens is 268 g/mol. The second-order valence-corrected chi connectivity index (χ2v) is 4.97. The lowest BCUT2D eigenvalue weighted by Crippen LogP contribution is -2.34. The van der Waals surface area contributed by atoms with Gasteiger partial charge in [0.25, 0.3) is 0 Å². The van der Waals surface area contributed by atoms with Gasteiger partial charge in [-0.1, -0.05) is 12.7 Å². The number of amides is 1. The second-order valence-electron chi connectivity index (χ2n) is 4.22. The minimum Gasteiger partial charge on any atom is -0.478 e. The van der Waals surface area contributed by atoms with Crippen LogP contribution in [0.5, 0.6) is 0 Å². The fraction of sp³-hybridized carbons (Fsp3) is 0.417. The first-order valence-electron chi connectivity index (χ1n) is 5.82. The molecule has 19 heavy (non-hydrogen) atoms. The summed E-state index contributed by atoms with van der Waals surface area (Å²) in [5.41, 5.74) is 0.488. The van der Waals surface area contributed by atoms with Gasteiger partial charge in [0.2, 0.25) is 0 Å². The van der Waals surface area contributed by atoms with E-state index in [1.807, 2.05) is 0 Å². The maximum atomic E-state index is 12.0. The first-order chi connectivity index (χ1) is 9.06. The van der Waals surface area contributed by atoms with Crippen LogP contribution in [0.1, 0.15) is 28.9 Å². The first kappa shape index (κ1) is 13.5. The molecule has 1 aliphatic rings. The minimum absolute atomic E-state index is 0.00950. The third-order valence-electron chi connectivity index (χ3n) is 2.71. The van der Waals surface area contributed by atoms with Crippen LogP contribution in [0.15, 0.2) is 12.7 Å². The van der Waals surface area contributed by atoms with Crippen molar-refractivity contribution in [3.05, 3.63) is 23.9 Å². The number of rotatable bonds is 5. The van der Waals surface area contributed by atoms with Crippen LogP contribution in [0.4, 0.5) is 9.80 Å². The number of hydrogen-bond acceptors (Lipinski definition) is 5. The summed E-state index contributed by atoms with van der Waals surface area (Å²) in [6.45, 7) is 5.19. The summed E-state index contributed by atoms with van der Waals surface area (Å²) in [5.74, 6) is -1.08. The molecule has 1 saturated carbocycles. The molecule has 1 aromatic heterocycles. The van der Waals surface area contributed by atoms with Crippen LogP contribution in [-0.2, 0) is 4.74 Å². The number of aromatic carboxylic acids is 1. The minimum atomic E-state index is -1.08. The number of anilines is 1. The number of aryl methyl sites for hydroxylation is 1. The van der Waals surface area contributed by atoms with Crippen LogP contribution < -0.4 is 4.90 Å². The van der Waals surface area contributed by atoms with Gasteiger partial charge in [0, 0.05) is 6.04 Å². The molecular formula is C12H14N2O4S. The standard InChI is InChI=1S/C12H14N2O4S/c1-3-6-18-12(17)14(8-4-5-8)10-9(11(15)16)7(2)13-19-10/h3,8H,1,4-6H2,2H3,(H,15,16). The molecule has 1 amide bonds. The lowest BCUT2D eigenvalue weighted by molar-refractivity contribution is 0.0697. The Labute approximate surface area is 114 Å². The Morgan fingerprint density at radius 1 is 1.63 bits per heavy atom. The van der Waals surface area contributed by atoms with Gasteiger partial charge in [0.15, 0.2) is 0 Å². The van der Waals surface area contributed by atoms with Gasteiger partial charge < -0.3 is 9.84 Å². The lowest BCUT2D eigenvalue weighted by Gasteiger charge is -2.20. The van der Waals surface area contributed by atoms with Crippen LogP contribution >= 0.6 is 11.5 Å². The van der Waals surface area contributed by atoms with E-state index in [4.69, 9.17) is 4.74 Å². The number of carbonyl (C=O) groups excluding carboxylic acids is 1. The quantitative estimate of drug-likeness (QED) is 0.839. The zero-order valence-electron chi connectivity index (χ0n) is 10.5. The first-order valence-corrected chi connectivity index (χ1v) is 6.60. The van der Waals surface area contributed by atoms with Crippen molar-refractivity contribution in [3.8, 4) is 0 Å². The van der Waals surface area contributed by atoms with Gasteiger partial charge in [-0.3, -0.25) is 4.90 Å². The predicted molar refractivity (Wildman–Crippen MR) is 70.9 cm³/mol. The molecule has 2 rings (SSSR count). The van der Waals surface area contributed by atoms with E-state index in [0.717, 1.165) is 24.4 Å². The topological polar surface area (TPSA) is 79.7 Å². The van der Waals surface area contributed by atoms with Crippen LogP contribution in [0.25, 0.3) is 0 Å². The van der Waals surface area contributed by atoms with Gasteiger partial charge in [-0.2, -0.15) is 4.37 Å². The van der Waals surface area contributed by atoms with Crippen molar-refractivity contribution in [2.24, 2.45) is 0 Å². The summed E-state index contributed by atoms with van der Waals surface area (Å²) in [7, 11) is 0. The highest BCUT2D eigenvalue weighted by molar-refractivity contribution is 7.11. The molecule has 7 heteroatoms. The van der Waals surface area contributed by atoms with E-state index in [9.17, 15) is 14.7 Å². The molecule has 0 saturated heterocycles. The van der Waals surface area contributed by atoms with E-state index in [1.165, 1.54) is 11.0 Å². The van der Waals surface area contributed by atoms with E-state index < -0.39 is 12.1 Å². The molecule has 0 bridgehead atoms. The Kier molecular flexibility index (Phi) is 3.84. The van der Waals surface area contributed by atoms with Crippen LogP contribution in [0.2, 0.25) is 0 Å². The molecule has 0 unspecified atom stereocenters. The number of nitrogens with zero attached hydrogens (tertiary/aromatic N) is 2. The average Bonchev–Trinajstić information content (AvgIpc) is 3.10. The Hall–Kier alpha value is -1.89. The van der Waals surface area contributed by atoms with Crippen molar-refractivity contribution in [1.82, 2.24) is 4.37 Å². The Balaban J connectivity index is 2.31. The van der Waals surface area contributed by atoms with Crippen LogP contribution in [0, 0.1) is 6.92 Å². The van der Waals surface area contributed by atoms with E-state index in [1.54, 1.807) is 6.92 Å². The van der Waals surface area contributed by atoms with E-state index in [-0.39, 0.29) is 18.2 Å². The van der Waals surface area contributed by atoms with Gasteiger partial charge in [-0.15, -0.1) is 0 Å². The molecule has 0 atom stereocenters. The number of aromatic nitrogens is 1. The Morgan fingerprint density at radius 2 is 2.32 bits per heavy atom.